The first kappa shape index (κ1) is 6.49. The lowest BCUT2D eigenvalue weighted by molar-refractivity contribution is 1.29. The smallest absolute Gasteiger partial charge is 0.0898 e. The minimum Gasteiger partial charge on any atom is -0.254 e. The van der Waals surface area contributed by atoms with Gasteiger partial charge in [0.05, 0.1) is 6.20 Å². The van der Waals surface area contributed by atoms with E-state index in [0.717, 1.165) is 10.0 Å². The summed E-state index contributed by atoms with van der Waals surface area (Å²) >= 11 is 3.31. The molecule has 1 rings (SSSR count). The van der Waals surface area contributed by atoms with Crippen LogP contribution in [0.15, 0.2) is 23.3 Å². The number of aromatic nitrogens is 1. The van der Waals surface area contributed by atoms with E-state index in [1.54, 1.807) is 18.3 Å². The predicted octanol–water partition coefficient (Wildman–Crippen LogP) is 2.29. The van der Waals surface area contributed by atoms with Gasteiger partial charge in [0.2, 0.25) is 0 Å². The van der Waals surface area contributed by atoms with E-state index >= 15 is 0 Å². The van der Waals surface area contributed by atoms with Gasteiger partial charge in [0.25, 0.3) is 0 Å². The van der Waals surface area contributed by atoms with E-state index in [-0.39, 0.29) is 0 Å². The van der Waals surface area contributed by atoms with Gasteiger partial charge in [-0.25, -0.2) is 0 Å². The van der Waals surface area contributed by atoms with Gasteiger partial charge in [-0.05, 0) is 6.07 Å². The molecule has 0 bridgehead atoms. The second kappa shape index (κ2) is 2.78. The summed E-state index contributed by atoms with van der Waals surface area (Å²) in [5.41, 5.74) is 0.994. The van der Waals surface area contributed by atoms with Crippen LogP contribution in [0.1, 0.15) is 5.56 Å². The van der Waals surface area contributed by atoms with Gasteiger partial charge in [-0.3, -0.25) is 4.98 Å². The van der Waals surface area contributed by atoms with Crippen LogP contribution in [0.3, 0.4) is 0 Å². The maximum Gasteiger partial charge on any atom is 0.0898 e. The van der Waals surface area contributed by atoms with E-state index < -0.39 is 0 Å². The van der Waals surface area contributed by atoms with Gasteiger partial charge >= 0.3 is 0 Å². The van der Waals surface area contributed by atoms with Crippen molar-refractivity contribution in [2.45, 2.75) is 0 Å². The first-order chi connectivity index (χ1) is 4.34. The molecule has 0 saturated heterocycles. The molecule has 1 aromatic heterocycles. The molecule has 0 aromatic carbocycles. The standard InChI is InChI=1S/C7H5BrN/c1-2-6-5-9-4-3-7(6)8/h2-3,5H,1H2. The zero-order chi connectivity index (χ0) is 6.69. The zero-order valence-electron chi connectivity index (χ0n) is 4.76. The second-order valence-corrected chi connectivity index (χ2v) is 2.39. The third-order valence-electron chi connectivity index (χ3n) is 0.965. The van der Waals surface area contributed by atoms with Gasteiger partial charge in [-0.1, -0.05) is 28.6 Å². The van der Waals surface area contributed by atoms with Crippen LogP contribution in [0, 0.1) is 6.20 Å². The second-order valence-electron chi connectivity index (χ2n) is 1.54. The van der Waals surface area contributed by atoms with E-state index in [0.29, 0.717) is 0 Å². The molecule has 2 heteroatoms. The highest BCUT2D eigenvalue weighted by atomic mass is 79.9. The van der Waals surface area contributed by atoms with E-state index in [2.05, 4.69) is 33.7 Å². The van der Waals surface area contributed by atoms with Crippen LogP contribution in [-0.2, 0) is 0 Å². The fourth-order valence-corrected chi connectivity index (χ4v) is 0.863. The summed E-state index contributed by atoms with van der Waals surface area (Å²) in [4.78, 5) is 3.79. The molecule has 1 aromatic rings. The van der Waals surface area contributed by atoms with E-state index in [1.165, 1.54) is 0 Å². The summed E-state index contributed by atoms with van der Waals surface area (Å²) in [7, 11) is 0. The average molecular weight is 183 g/mol. The number of hydrogen-bond donors (Lipinski definition) is 0. The topological polar surface area (TPSA) is 12.9 Å². The van der Waals surface area contributed by atoms with Crippen molar-refractivity contribution in [1.82, 2.24) is 4.98 Å². The molecule has 0 fully saturated rings. The lowest BCUT2D eigenvalue weighted by Gasteiger charge is -1.91. The highest BCUT2D eigenvalue weighted by Crippen LogP contribution is 2.14. The Morgan fingerprint density at radius 1 is 1.78 bits per heavy atom. The Hall–Kier alpha value is -0.630. The van der Waals surface area contributed by atoms with Crippen molar-refractivity contribution in [3.63, 3.8) is 0 Å². The van der Waals surface area contributed by atoms with Gasteiger partial charge in [-0.15, -0.1) is 0 Å². The third kappa shape index (κ3) is 1.39. The van der Waals surface area contributed by atoms with Gasteiger partial charge in [0.15, 0.2) is 0 Å². The van der Waals surface area contributed by atoms with Crippen molar-refractivity contribution in [2.24, 2.45) is 0 Å². The Labute approximate surface area is 62.6 Å². The first-order valence-corrected chi connectivity index (χ1v) is 3.28. The lowest BCUT2D eigenvalue weighted by atomic mass is 10.3. The third-order valence-corrected chi connectivity index (χ3v) is 1.65. The maximum absolute atomic E-state index is 3.79. The molecule has 1 radical (unpaired) electrons. The SMILES string of the molecule is C=Cc1cn[c]cc1Br. The number of rotatable bonds is 1. The molecule has 0 aliphatic carbocycles. The monoisotopic (exact) mass is 182 g/mol. The molecular formula is C7H5BrN. The van der Waals surface area contributed by atoms with Crippen LogP contribution in [0.4, 0.5) is 0 Å². The molecule has 0 spiro atoms. The van der Waals surface area contributed by atoms with Crippen LogP contribution in [-0.4, -0.2) is 4.98 Å². The number of hydrogen-bond acceptors (Lipinski definition) is 1. The molecule has 45 valence electrons. The normalized spacial score (nSPS) is 9.00. The van der Waals surface area contributed by atoms with Gasteiger partial charge in [-0.2, -0.15) is 0 Å². The molecule has 0 aliphatic rings. The molecule has 0 unspecified atom stereocenters. The Morgan fingerprint density at radius 3 is 3.00 bits per heavy atom. The Morgan fingerprint density at radius 2 is 2.56 bits per heavy atom. The fraction of sp³-hybridized carbons (Fsp3) is 0. The van der Waals surface area contributed by atoms with Gasteiger partial charge in [0.1, 0.15) is 0 Å². The van der Waals surface area contributed by atoms with Crippen molar-refractivity contribution in [2.75, 3.05) is 0 Å². The Bertz CT molecular complexity index is 220. The summed E-state index contributed by atoms with van der Waals surface area (Å²) < 4.78 is 0.979. The van der Waals surface area contributed by atoms with Crippen LogP contribution < -0.4 is 0 Å². The number of pyridine rings is 1. The lowest BCUT2D eigenvalue weighted by Crippen LogP contribution is -1.75. The molecular weight excluding hydrogens is 178 g/mol. The quantitative estimate of drug-likeness (QED) is 0.650. The molecule has 0 atom stereocenters. The Balaban J connectivity index is 3.15. The summed E-state index contributed by atoms with van der Waals surface area (Å²) in [5, 5.41) is 0. The largest absolute Gasteiger partial charge is 0.254 e. The molecule has 0 saturated carbocycles. The highest BCUT2D eigenvalue weighted by Gasteiger charge is 1.90. The summed E-state index contributed by atoms with van der Waals surface area (Å²) in [6.07, 6.45) is 6.14. The summed E-state index contributed by atoms with van der Waals surface area (Å²) in [6, 6.07) is 1.76. The van der Waals surface area contributed by atoms with Crippen molar-refractivity contribution in [3.8, 4) is 0 Å². The number of halogens is 1. The van der Waals surface area contributed by atoms with Crippen LogP contribution in [0.2, 0.25) is 0 Å². The first-order valence-electron chi connectivity index (χ1n) is 2.48. The van der Waals surface area contributed by atoms with Crippen LogP contribution >= 0.6 is 15.9 Å². The highest BCUT2D eigenvalue weighted by molar-refractivity contribution is 9.10. The minimum atomic E-state index is 0.979. The van der Waals surface area contributed by atoms with Gasteiger partial charge < -0.3 is 0 Å². The molecule has 9 heavy (non-hydrogen) atoms. The van der Waals surface area contributed by atoms with Crippen molar-refractivity contribution in [1.29, 1.82) is 0 Å². The van der Waals surface area contributed by atoms with E-state index in [4.69, 9.17) is 0 Å². The van der Waals surface area contributed by atoms with E-state index in [1.807, 2.05) is 0 Å². The van der Waals surface area contributed by atoms with Crippen molar-refractivity contribution in [3.05, 3.63) is 35.1 Å². The fourth-order valence-electron chi connectivity index (χ4n) is 0.496. The van der Waals surface area contributed by atoms with Crippen molar-refractivity contribution >= 4 is 22.0 Å². The number of nitrogens with zero attached hydrogens (tertiary/aromatic N) is 1. The van der Waals surface area contributed by atoms with Crippen LogP contribution in [0.25, 0.3) is 6.08 Å². The predicted molar refractivity (Wildman–Crippen MR) is 40.9 cm³/mol. The van der Waals surface area contributed by atoms with E-state index in [9.17, 15) is 0 Å². The molecule has 0 amide bonds. The maximum atomic E-state index is 3.79. The molecule has 0 N–H and O–H groups in total. The summed E-state index contributed by atoms with van der Waals surface area (Å²) in [5.74, 6) is 0. The molecule has 1 heterocycles. The molecule has 1 nitrogen and oxygen atoms in total. The van der Waals surface area contributed by atoms with Crippen LogP contribution in [0.5, 0.6) is 0 Å². The summed E-state index contributed by atoms with van der Waals surface area (Å²) in [6.45, 7) is 3.61. The Kier molecular flexibility index (Phi) is 2.01. The van der Waals surface area contributed by atoms with Crippen molar-refractivity contribution < 1.29 is 0 Å². The van der Waals surface area contributed by atoms with Gasteiger partial charge in [0, 0.05) is 16.2 Å². The molecule has 0 aliphatic heterocycles. The zero-order valence-corrected chi connectivity index (χ0v) is 6.35. The minimum absolute atomic E-state index is 0.979. The average Bonchev–Trinajstić information content (AvgIpc) is 1.89.